The Bertz CT molecular complexity index is 833. The van der Waals surface area contributed by atoms with Crippen LogP contribution in [0, 0.1) is 0 Å². The largest absolute Gasteiger partial charge is 0.374 e. The number of nitrogens with zero attached hydrogens (tertiary/aromatic N) is 1. The third-order valence-corrected chi connectivity index (χ3v) is 6.45. The molecule has 0 amide bonds. The SMILES string of the molecule is Clc1cc(SNc2nccs2)ccc1NC1(c2ccccc2)CCC1. The smallest absolute Gasteiger partial charge is 0.192 e. The van der Waals surface area contributed by atoms with Gasteiger partial charge in [-0.25, -0.2) is 4.98 Å². The van der Waals surface area contributed by atoms with Crippen molar-refractivity contribution in [3.05, 3.63) is 70.7 Å². The van der Waals surface area contributed by atoms with Crippen molar-refractivity contribution in [2.45, 2.75) is 29.7 Å². The van der Waals surface area contributed by atoms with E-state index in [2.05, 4.69) is 57.5 Å². The summed E-state index contributed by atoms with van der Waals surface area (Å²) in [6, 6.07) is 16.8. The number of benzene rings is 2. The van der Waals surface area contributed by atoms with E-state index in [1.807, 2.05) is 11.4 Å². The molecular formula is C19H18ClN3S2. The standard InChI is InChI=1S/C19H18ClN3S2/c20-16-13-15(25-23-18-21-11-12-24-18)7-8-17(16)22-19(9-4-10-19)14-5-2-1-3-6-14/h1-3,5-8,11-13,22H,4,9-10H2,(H,21,23). The summed E-state index contributed by atoms with van der Waals surface area (Å²) in [6.45, 7) is 0. The summed E-state index contributed by atoms with van der Waals surface area (Å²) in [4.78, 5) is 5.28. The molecule has 3 aromatic rings. The predicted molar refractivity (Wildman–Crippen MR) is 109 cm³/mol. The Hall–Kier alpha value is -1.69. The Morgan fingerprint density at radius 3 is 2.60 bits per heavy atom. The number of hydrogen-bond donors (Lipinski definition) is 2. The number of nitrogens with one attached hydrogen (secondary N) is 2. The van der Waals surface area contributed by atoms with Gasteiger partial charge in [-0.05, 0) is 55.0 Å². The van der Waals surface area contributed by atoms with Crippen molar-refractivity contribution in [1.82, 2.24) is 4.98 Å². The highest BCUT2D eigenvalue weighted by Gasteiger charge is 2.38. The van der Waals surface area contributed by atoms with Gasteiger partial charge in [0.2, 0.25) is 0 Å². The van der Waals surface area contributed by atoms with Crippen LogP contribution in [0.5, 0.6) is 0 Å². The Balaban J connectivity index is 1.49. The highest BCUT2D eigenvalue weighted by Crippen LogP contribution is 2.45. The normalized spacial score (nSPS) is 15.4. The number of halogens is 1. The number of aromatic nitrogens is 1. The number of hydrogen-bond acceptors (Lipinski definition) is 5. The molecule has 2 N–H and O–H groups in total. The van der Waals surface area contributed by atoms with Gasteiger partial charge in [-0.1, -0.05) is 41.9 Å². The van der Waals surface area contributed by atoms with Crippen molar-refractivity contribution < 1.29 is 0 Å². The summed E-state index contributed by atoms with van der Waals surface area (Å²) >= 11 is 9.65. The highest BCUT2D eigenvalue weighted by molar-refractivity contribution is 8.00. The third kappa shape index (κ3) is 3.64. The first kappa shape index (κ1) is 16.8. The van der Waals surface area contributed by atoms with Crippen LogP contribution in [-0.2, 0) is 5.54 Å². The Morgan fingerprint density at radius 2 is 1.96 bits per heavy atom. The Labute approximate surface area is 161 Å². The van der Waals surface area contributed by atoms with Crippen LogP contribution in [0.2, 0.25) is 5.02 Å². The summed E-state index contributed by atoms with van der Waals surface area (Å²) in [7, 11) is 0. The quantitative estimate of drug-likeness (QED) is 0.479. The maximum absolute atomic E-state index is 6.55. The van der Waals surface area contributed by atoms with Crippen LogP contribution >= 0.6 is 34.9 Å². The van der Waals surface area contributed by atoms with Crippen molar-refractivity contribution in [3.63, 3.8) is 0 Å². The van der Waals surface area contributed by atoms with E-state index >= 15 is 0 Å². The maximum Gasteiger partial charge on any atom is 0.192 e. The van der Waals surface area contributed by atoms with Gasteiger partial charge in [0.1, 0.15) is 0 Å². The molecule has 25 heavy (non-hydrogen) atoms. The first-order valence-corrected chi connectivity index (χ1v) is 10.3. The van der Waals surface area contributed by atoms with Crippen LogP contribution in [0.1, 0.15) is 24.8 Å². The van der Waals surface area contributed by atoms with Gasteiger partial charge in [0.05, 0.1) is 16.2 Å². The van der Waals surface area contributed by atoms with Gasteiger partial charge in [0.15, 0.2) is 5.13 Å². The van der Waals surface area contributed by atoms with Crippen molar-refractivity contribution >= 4 is 45.7 Å². The van der Waals surface area contributed by atoms with E-state index in [9.17, 15) is 0 Å². The molecule has 2 aromatic carbocycles. The van der Waals surface area contributed by atoms with Gasteiger partial charge in [-0.15, -0.1) is 11.3 Å². The van der Waals surface area contributed by atoms with Crippen LogP contribution in [0.3, 0.4) is 0 Å². The molecule has 4 rings (SSSR count). The fourth-order valence-electron chi connectivity index (χ4n) is 3.07. The van der Waals surface area contributed by atoms with E-state index in [1.165, 1.54) is 23.9 Å². The average molecular weight is 388 g/mol. The molecule has 1 aliphatic rings. The highest BCUT2D eigenvalue weighted by atomic mass is 35.5. The van der Waals surface area contributed by atoms with Gasteiger partial charge in [0.25, 0.3) is 0 Å². The molecule has 0 atom stereocenters. The minimum atomic E-state index is 0.0126. The second-order valence-electron chi connectivity index (χ2n) is 6.11. The van der Waals surface area contributed by atoms with Crippen LogP contribution in [-0.4, -0.2) is 4.98 Å². The minimum Gasteiger partial charge on any atom is -0.374 e. The van der Waals surface area contributed by atoms with Gasteiger partial charge in [-0.3, -0.25) is 0 Å². The molecule has 0 bridgehead atoms. The minimum absolute atomic E-state index is 0.0126. The second kappa shape index (κ2) is 7.28. The van der Waals surface area contributed by atoms with Crippen LogP contribution in [0.25, 0.3) is 0 Å². The first-order chi connectivity index (χ1) is 12.3. The molecule has 1 saturated carbocycles. The number of thiazole rings is 1. The second-order valence-corrected chi connectivity index (χ2v) is 8.29. The molecule has 1 aromatic heterocycles. The van der Waals surface area contributed by atoms with E-state index in [4.69, 9.17) is 11.6 Å². The molecule has 0 saturated heterocycles. The zero-order valence-corrected chi connectivity index (χ0v) is 15.9. The van der Waals surface area contributed by atoms with Gasteiger partial charge >= 0.3 is 0 Å². The van der Waals surface area contributed by atoms with E-state index < -0.39 is 0 Å². The monoisotopic (exact) mass is 387 g/mol. The Kier molecular flexibility index (Phi) is 4.88. The molecule has 0 aliphatic heterocycles. The molecule has 0 radical (unpaired) electrons. The van der Waals surface area contributed by atoms with Gasteiger partial charge in [0, 0.05) is 16.5 Å². The van der Waals surface area contributed by atoms with Crippen molar-refractivity contribution in [3.8, 4) is 0 Å². The molecule has 1 fully saturated rings. The molecule has 128 valence electrons. The lowest BCUT2D eigenvalue weighted by atomic mass is 9.71. The number of rotatable bonds is 6. The fourth-order valence-corrected chi connectivity index (χ4v) is 4.62. The summed E-state index contributed by atoms with van der Waals surface area (Å²) in [5.41, 5.74) is 2.34. The zero-order valence-electron chi connectivity index (χ0n) is 13.5. The molecule has 0 spiro atoms. The van der Waals surface area contributed by atoms with Gasteiger partial charge < -0.3 is 10.0 Å². The molecule has 6 heteroatoms. The number of anilines is 2. The van der Waals surface area contributed by atoms with Crippen molar-refractivity contribution in [2.75, 3.05) is 10.0 Å². The van der Waals surface area contributed by atoms with Crippen LogP contribution in [0.4, 0.5) is 10.8 Å². The molecule has 1 aliphatic carbocycles. The fraction of sp³-hybridized carbons (Fsp3) is 0.211. The lowest BCUT2D eigenvalue weighted by Gasteiger charge is -2.44. The average Bonchev–Trinajstić information content (AvgIpc) is 3.12. The van der Waals surface area contributed by atoms with E-state index in [-0.39, 0.29) is 5.54 Å². The maximum atomic E-state index is 6.55. The summed E-state index contributed by atoms with van der Waals surface area (Å²) < 4.78 is 3.23. The van der Waals surface area contributed by atoms with Crippen molar-refractivity contribution in [1.29, 1.82) is 0 Å². The first-order valence-electron chi connectivity index (χ1n) is 8.21. The van der Waals surface area contributed by atoms with E-state index in [0.717, 1.165) is 33.6 Å². The lowest BCUT2D eigenvalue weighted by Crippen LogP contribution is -2.42. The van der Waals surface area contributed by atoms with Gasteiger partial charge in [-0.2, -0.15) is 0 Å². The van der Waals surface area contributed by atoms with E-state index in [1.54, 1.807) is 17.5 Å². The molecule has 3 nitrogen and oxygen atoms in total. The molecular weight excluding hydrogens is 370 g/mol. The van der Waals surface area contributed by atoms with Crippen LogP contribution < -0.4 is 10.0 Å². The summed E-state index contributed by atoms with van der Waals surface area (Å²) in [5, 5.41) is 7.28. The van der Waals surface area contributed by atoms with E-state index in [0.29, 0.717) is 0 Å². The zero-order chi connectivity index (χ0) is 17.1. The van der Waals surface area contributed by atoms with Crippen molar-refractivity contribution in [2.24, 2.45) is 0 Å². The summed E-state index contributed by atoms with van der Waals surface area (Å²) in [5.74, 6) is 0. The topological polar surface area (TPSA) is 37.0 Å². The molecule has 1 heterocycles. The lowest BCUT2D eigenvalue weighted by molar-refractivity contribution is 0.284. The third-order valence-electron chi connectivity index (χ3n) is 4.54. The van der Waals surface area contributed by atoms with Crippen LogP contribution in [0.15, 0.2) is 65.0 Å². The molecule has 0 unspecified atom stereocenters. The Morgan fingerprint density at radius 1 is 1.12 bits per heavy atom. The predicted octanol–water partition coefficient (Wildman–Crippen LogP) is 6.41. The summed E-state index contributed by atoms with van der Waals surface area (Å²) in [6.07, 6.45) is 5.30.